The molecular weight excluding hydrogens is 314 g/mol. The molecule has 1 N–H and O–H groups in total. The maximum absolute atomic E-state index is 5.06. The number of rotatable bonds is 2. The zero-order valence-corrected chi connectivity index (χ0v) is 15.0. The Morgan fingerprint density at radius 2 is 2.04 bits per heavy atom. The van der Waals surface area contributed by atoms with Gasteiger partial charge >= 0.3 is 0 Å². The molecule has 0 amide bonds. The third kappa shape index (κ3) is 2.16. The van der Waals surface area contributed by atoms with E-state index in [1.165, 1.54) is 58.2 Å². The van der Waals surface area contributed by atoms with Crippen LogP contribution < -0.4 is 5.32 Å². The number of benzene rings is 1. The summed E-state index contributed by atoms with van der Waals surface area (Å²) in [5.41, 5.74) is 8.49. The fourth-order valence-corrected chi connectivity index (χ4v) is 5.46. The molecule has 1 aliphatic heterocycles. The molecule has 3 aromatic rings. The molecule has 0 saturated carbocycles. The average Bonchev–Trinajstić information content (AvgIpc) is 3.17. The number of aryl methyl sites for hydroxylation is 3. The van der Waals surface area contributed by atoms with Gasteiger partial charge in [-0.1, -0.05) is 30.4 Å². The fourth-order valence-electron chi connectivity index (χ4n) is 4.31. The molecule has 0 atom stereocenters. The Labute approximate surface area is 146 Å². The second-order valence-corrected chi connectivity index (χ2v) is 8.03. The molecule has 0 fully saturated rings. The summed E-state index contributed by atoms with van der Waals surface area (Å²) in [5, 5.41) is 3.48. The van der Waals surface area contributed by atoms with Gasteiger partial charge < -0.3 is 5.32 Å². The summed E-state index contributed by atoms with van der Waals surface area (Å²) in [5.74, 6) is 0. The van der Waals surface area contributed by atoms with Gasteiger partial charge in [0.15, 0.2) is 4.96 Å². The first-order valence-corrected chi connectivity index (χ1v) is 10.0. The van der Waals surface area contributed by atoms with Gasteiger partial charge in [0.25, 0.3) is 0 Å². The summed E-state index contributed by atoms with van der Waals surface area (Å²) in [6, 6.07) is 7.05. The normalized spacial score (nSPS) is 17.0. The molecule has 0 radical (unpaired) electrons. The molecular formula is C20H23N3S. The van der Waals surface area contributed by atoms with Crippen LogP contribution in [0.1, 0.15) is 47.2 Å². The summed E-state index contributed by atoms with van der Waals surface area (Å²) >= 11 is 1.86. The van der Waals surface area contributed by atoms with Crippen molar-refractivity contribution in [2.24, 2.45) is 0 Å². The van der Waals surface area contributed by atoms with Gasteiger partial charge in [0.1, 0.15) is 0 Å². The molecule has 0 bridgehead atoms. The van der Waals surface area contributed by atoms with Crippen LogP contribution in [0, 0.1) is 0 Å². The number of fused-ring (bicyclic) bond motifs is 4. The number of nitrogens with zero attached hydrogens (tertiary/aromatic N) is 2. The lowest BCUT2D eigenvalue weighted by molar-refractivity contribution is 0.635. The van der Waals surface area contributed by atoms with E-state index in [1.54, 1.807) is 11.1 Å². The zero-order valence-electron chi connectivity index (χ0n) is 14.2. The molecule has 0 spiro atoms. The van der Waals surface area contributed by atoms with Crippen LogP contribution in [-0.2, 0) is 32.2 Å². The van der Waals surface area contributed by atoms with Crippen molar-refractivity contribution in [3.8, 4) is 11.3 Å². The van der Waals surface area contributed by atoms with Crippen LogP contribution in [0.5, 0.6) is 0 Å². The predicted octanol–water partition coefficient (Wildman–Crippen LogP) is 4.15. The lowest BCUT2D eigenvalue weighted by atomic mass is 9.89. The molecule has 1 aliphatic carbocycles. The minimum atomic E-state index is 1.00. The average molecular weight is 337 g/mol. The van der Waals surface area contributed by atoms with Crippen molar-refractivity contribution in [1.29, 1.82) is 0 Å². The largest absolute Gasteiger partial charge is 0.311 e. The minimum absolute atomic E-state index is 1.00. The SMILES string of the molecule is CCc1c(-c2ccc3c(c2)CCCC3)nc2sc3c(n12)CCNC3. The minimum Gasteiger partial charge on any atom is -0.311 e. The van der Waals surface area contributed by atoms with Gasteiger partial charge in [-0.05, 0) is 49.3 Å². The first kappa shape index (κ1) is 14.7. The van der Waals surface area contributed by atoms with E-state index in [0.717, 1.165) is 25.9 Å². The highest BCUT2D eigenvalue weighted by Crippen LogP contribution is 2.34. The van der Waals surface area contributed by atoms with Crippen LogP contribution in [0.25, 0.3) is 16.2 Å². The zero-order chi connectivity index (χ0) is 16.1. The lowest BCUT2D eigenvalue weighted by Crippen LogP contribution is -2.23. The number of thiazole rings is 1. The van der Waals surface area contributed by atoms with E-state index in [-0.39, 0.29) is 0 Å². The molecule has 124 valence electrons. The first-order chi connectivity index (χ1) is 11.8. The van der Waals surface area contributed by atoms with Crippen LogP contribution in [-0.4, -0.2) is 15.9 Å². The highest BCUT2D eigenvalue weighted by Gasteiger charge is 2.22. The van der Waals surface area contributed by atoms with Gasteiger partial charge in [0.05, 0.1) is 11.4 Å². The Hall–Kier alpha value is -1.65. The number of nitrogens with one attached hydrogen (secondary N) is 1. The monoisotopic (exact) mass is 337 g/mol. The Bertz CT molecular complexity index is 919. The number of hydrogen-bond acceptors (Lipinski definition) is 3. The Balaban J connectivity index is 1.68. The quantitative estimate of drug-likeness (QED) is 0.761. The Kier molecular flexibility index (Phi) is 3.49. The van der Waals surface area contributed by atoms with Crippen molar-refractivity contribution >= 4 is 16.3 Å². The highest BCUT2D eigenvalue weighted by molar-refractivity contribution is 7.17. The van der Waals surface area contributed by atoms with E-state index in [1.807, 2.05) is 11.3 Å². The van der Waals surface area contributed by atoms with Gasteiger partial charge in [-0.25, -0.2) is 4.98 Å². The van der Waals surface area contributed by atoms with Crippen LogP contribution >= 0.6 is 11.3 Å². The molecule has 4 heteroatoms. The summed E-state index contributed by atoms with van der Waals surface area (Å²) in [6.45, 7) is 4.34. The van der Waals surface area contributed by atoms with Gasteiger partial charge in [-0.2, -0.15) is 0 Å². The van der Waals surface area contributed by atoms with Crippen molar-refractivity contribution in [2.75, 3.05) is 6.54 Å². The van der Waals surface area contributed by atoms with Crippen LogP contribution in [0.3, 0.4) is 0 Å². The molecule has 3 heterocycles. The summed E-state index contributed by atoms with van der Waals surface area (Å²) in [7, 11) is 0. The van der Waals surface area contributed by atoms with Crippen LogP contribution in [0.4, 0.5) is 0 Å². The first-order valence-electron chi connectivity index (χ1n) is 9.20. The molecule has 2 aliphatic rings. The molecule has 0 unspecified atom stereocenters. The Morgan fingerprint density at radius 3 is 2.92 bits per heavy atom. The van der Waals surface area contributed by atoms with Crippen molar-refractivity contribution in [3.05, 3.63) is 45.6 Å². The second-order valence-electron chi connectivity index (χ2n) is 6.97. The van der Waals surface area contributed by atoms with E-state index in [4.69, 9.17) is 4.98 Å². The van der Waals surface area contributed by atoms with E-state index in [2.05, 4.69) is 34.8 Å². The van der Waals surface area contributed by atoms with Crippen molar-refractivity contribution in [2.45, 2.75) is 52.0 Å². The molecule has 24 heavy (non-hydrogen) atoms. The summed E-state index contributed by atoms with van der Waals surface area (Å²) in [6.07, 6.45) is 7.29. The predicted molar refractivity (Wildman–Crippen MR) is 99.9 cm³/mol. The molecule has 2 aromatic heterocycles. The smallest absolute Gasteiger partial charge is 0.194 e. The van der Waals surface area contributed by atoms with Crippen LogP contribution in [0.15, 0.2) is 18.2 Å². The number of hydrogen-bond donors (Lipinski definition) is 1. The second kappa shape index (κ2) is 5.71. The van der Waals surface area contributed by atoms with Crippen molar-refractivity contribution in [3.63, 3.8) is 0 Å². The highest BCUT2D eigenvalue weighted by atomic mass is 32.1. The van der Waals surface area contributed by atoms with E-state index >= 15 is 0 Å². The third-order valence-corrected chi connectivity index (χ3v) is 6.61. The van der Waals surface area contributed by atoms with Crippen molar-refractivity contribution < 1.29 is 0 Å². The lowest BCUT2D eigenvalue weighted by Gasteiger charge is -2.17. The van der Waals surface area contributed by atoms with Gasteiger partial charge in [-0.15, -0.1) is 0 Å². The summed E-state index contributed by atoms with van der Waals surface area (Å²) in [4.78, 5) is 7.70. The maximum atomic E-state index is 5.06. The molecule has 3 nitrogen and oxygen atoms in total. The van der Waals surface area contributed by atoms with E-state index in [0.29, 0.717) is 0 Å². The van der Waals surface area contributed by atoms with Gasteiger partial charge in [0, 0.05) is 35.6 Å². The van der Waals surface area contributed by atoms with E-state index in [9.17, 15) is 0 Å². The third-order valence-electron chi connectivity index (χ3n) is 5.53. The van der Waals surface area contributed by atoms with Crippen LogP contribution in [0.2, 0.25) is 0 Å². The Morgan fingerprint density at radius 1 is 1.17 bits per heavy atom. The molecule has 1 aromatic carbocycles. The standard InChI is InChI=1S/C20H23N3S/c1-2-16-19(15-8-7-13-5-3-4-6-14(13)11-15)22-20-23(16)17-9-10-21-12-18(17)24-20/h7-8,11,21H,2-6,9-10,12H2,1H3. The molecule has 5 rings (SSSR count). The maximum Gasteiger partial charge on any atom is 0.194 e. The van der Waals surface area contributed by atoms with E-state index < -0.39 is 0 Å². The van der Waals surface area contributed by atoms with Gasteiger partial charge in [0.2, 0.25) is 0 Å². The summed E-state index contributed by atoms with van der Waals surface area (Å²) < 4.78 is 2.45. The number of imidazole rings is 1. The fraction of sp³-hybridized carbons (Fsp3) is 0.450. The van der Waals surface area contributed by atoms with Crippen molar-refractivity contribution in [1.82, 2.24) is 14.7 Å². The van der Waals surface area contributed by atoms with Gasteiger partial charge in [-0.3, -0.25) is 4.40 Å². The topological polar surface area (TPSA) is 29.3 Å². The number of aromatic nitrogens is 2. The molecule has 0 saturated heterocycles.